The highest BCUT2D eigenvalue weighted by atomic mass is 16.5. The maximum absolute atomic E-state index is 12.5. The predicted octanol–water partition coefficient (Wildman–Crippen LogP) is 3.12. The molecule has 0 aromatic carbocycles. The number of likely N-dealkylation sites (tertiary alicyclic amines) is 1. The van der Waals surface area contributed by atoms with Gasteiger partial charge in [0.05, 0.1) is 11.7 Å². The molecule has 1 aromatic rings. The lowest BCUT2D eigenvalue weighted by atomic mass is 9.71. The van der Waals surface area contributed by atoms with Crippen molar-refractivity contribution in [3.05, 3.63) is 23.4 Å². The van der Waals surface area contributed by atoms with Gasteiger partial charge in [-0.25, -0.2) is 4.98 Å². The molecule has 1 saturated heterocycles. The van der Waals surface area contributed by atoms with Crippen molar-refractivity contribution < 1.29 is 14.6 Å². The SMILES string of the molecule is Cc1ccc(CC2CCN(C(=O)C3CC(C)(O)C3)CC2)nc1OC(C)C. The van der Waals surface area contributed by atoms with Gasteiger partial charge in [0.15, 0.2) is 0 Å². The molecular formula is C21H32N2O3. The van der Waals surface area contributed by atoms with E-state index in [2.05, 4.69) is 12.1 Å². The van der Waals surface area contributed by atoms with Gasteiger partial charge in [0.1, 0.15) is 0 Å². The standard InChI is InChI=1S/C21H32N2O3/c1-14(2)26-19-15(3)5-6-18(22-19)11-16-7-9-23(10-8-16)20(24)17-12-21(4,25)13-17/h5-6,14,16-17,25H,7-13H2,1-4H3. The third-order valence-corrected chi connectivity index (χ3v) is 5.60. The first-order valence-electron chi connectivity index (χ1n) is 9.88. The Labute approximate surface area is 156 Å². The summed E-state index contributed by atoms with van der Waals surface area (Å²) >= 11 is 0. The molecule has 1 saturated carbocycles. The molecule has 2 aliphatic rings. The Bertz CT molecular complexity index is 641. The minimum absolute atomic E-state index is 0.0241. The summed E-state index contributed by atoms with van der Waals surface area (Å²) in [4.78, 5) is 19.2. The fourth-order valence-electron chi connectivity index (χ4n) is 4.09. The first kappa shape index (κ1) is 19.2. The molecule has 1 aliphatic carbocycles. The quantitative estimate of drug-likeness (QED) is 0.876. The highest BCUT2D eigenvalue weighted by Gasteiger charge is 2.44. The van der Waals surface area contributed by atoms with E-state index in [-0.39, 0.29) is 17.9 Å². The van der Waals surface area contributed by atoms with Gasteiger partial charge in [-0.05, 0) is 71.8 Å². The maximum atomic E-state index is 12.5. The number of aryl methyl sites for hydroxylation is 1. The highest BCUT2D eigenvalue weighted by Crippen LogP contribution is 2.39. The summed E-state index contributed by atoms with van der Waals surface area (Å²) in [7, 11) is 0. The molecule has 1 amide bonds. The van der Waals surface area contributed by atoms with Crippen LogP contribution in [0.15, 0.2) is 12.1 Å². The second-order valence-electron chi connectivity index (χ2n) is 8.67. The Morgan fingerprint density at radius 2 is 2.00 bits per heavy atom. The van der Waals surface area contributed by atoms with Gasteiger partial charge in [-0.2, -0.15) is 0 Å². The summed E-state index contributed by atoms with van der Waals surface area (Å²) in [6.07, 6.45) is 4.32. The number of piperidine rings is 1. The fourth-order valence-corrected chi connectivity index (χ4v) is 4.09. The number of hydrogen-bond acceptors (Lipinski definition) is 4. The van der Waals surface area contributed by atoms with E-state index in [1.54, 1.807) is 0 Å². The van der Waals surface area contributed by atoms with Crippen LogP contribution in [-0.2, 0) is 11.2 Å². The molecule has 0 spiro atoms. The summed E-state index contributed by atoms with van der Waals surface area (Å²) in [5.41, 5.74) is 1.51. The summed E-state index contributed by atoms with van der Waals surface area (Å²) in [6.45, 7) is 9.52. The molecular weight excluding hydrogens is 328 g/mol. The number of aliphatic hydroxyl groups is 1. The van der Waals surface area contributed by atoms with Gasteiger partial charge in [0.2, 0.25) is 11.8 Å². The lowest BCUT2D eigenvalue weighted by molar-refractivity contribution is -0.151. The van der Waals surface area contributed by atoms with Gasteiger partial charge in [-0.3, -0.25) is 4.79 Å². The number of amides is 1. The first-order valence-corrected chi connectivity index (χ1v) is 9.88. The summed E-state index contributed by atoms with van der Waals surface area (Å²) in [5.74, 6) is 1.56. The van der Waals surface area contributed by atoms with Crippen molar-refractivity contribution in [2.45, 2.75) is 71.5 Å². The largest absolute Gasteiger partial charge is 0.475 e. The van der Waals surface area contributed by atoms with Crippen molar-refractivity contribution in [1.82, 2.24) is 9.88 Å². The molecule has 5 heteroatoms. The van der Waals surface area contributed by atoms with E-state index in [1.165, 1.54) is 0 Å². The number of nitrogens with zero attached hydrogens (tertiary/aromatic N) is 2. The molecule has 5 nitrogen and oxygen atoms in total. The molecule has 0 unspecified atom stereocenters. The zero-order chi connectivity index (χ0) is 18.9. The smallest absolute Gasteiger partial charge is 0.225 e. The Morgan fingerprint density at radius 3 is 2.58 bits per heavy atom. The molecule has 1 N–H and O–H groups in total. The lowest BCUT2D eigenvalue weighted by Gasteiger charge is -2.43. The predicted molar refractivity (Wildman–Crippen MR) is 101 cm³/mol. The van der Waals surface area contributed by atoms with E-state index in [0.29, 0.717) is 18.8 Å². The normalized spacial score (nSPS) is 26.7. The van der Waals surface area contributed by atoms with Crippen LogP contribution < -0.4 is 4.74 Å². The summed E-state index contributed by atoms with van der Waals surface area (Å²) in [6, 6.07) is 4.18. The van der Waals surface area contributed by atoms with E-state index < -0.39 is 5.60 Å². The summed E-state index contributed by atoms with van der Waals surface area (Å²) < 4.78 is 5.80. The molecule has 3 rings (SSSR count). The molecule has 1 aromatic heterocycles. The second kappa shape index (κ2) is 7.55. The molecule has 0 bridgehead atoms. The van der Waals surface area contributed by atoms with Gasteiger partial charge >= 0.3 is 0 Å². The average molecular weight is 360 g/mol. The number of hydrogen-bond donors (Lipinski definition) is 1. The van der Waals surface area contributed by atoms with Crippen LogP contribution in [0.4, 0.5) is 0 Å². The van der Waals surface area contributed by atoms with Crippen molar-refractivity contribution in [3.63, 3.8) is 0 Å². The van der Waals surface area contributed by atoms with Crippen LogP contribution in [0.2, 0.25) is 0 Å². The van der Waals surface area contributed by atoms with Gasteiger partial charge < -0.3 is 14.7 Å². The number of pyridine rings is 1. The Balaban J connectivity index is 1.50. The monoisotopic (exact) mass is 360 g/mol. The Kier molecular flexibility index (Phi) is 5.56. The molecule has 0 radical (unpaired) electrons. The average Bonchev–Trinajstić information content (AvgIpc) is 2.55. The van der Waals surface area contributed by atoms with E-state index >= 15 is 0 Å². The van der Waals surface area contributed by atoms with Crippen LogP contribution in [0, 0.1) is 18.8 Å². The summed E-state index contributed by atoms with van der Waals surface area (Å²) in [5, 5.41) is 9.85. The van der Waals surface area contributed by atoms with Crippen LogP contribution in [0.5, 0.6) is 5.88 Å². The zero-order valence-electron chi connectivity index (χ0n) is 16.5. The fraction of sp³-hybridized carbons (Fsp3) is 0.714. The molecule has 0 atom stereocenters. The van der Waals surface area contributed by atoms with E-state index in [4.69, 9.17) is 9.72 Å². The third-order valence-electron chi connectivity index (χ3n) is 5.60. The second-order valence-corrected chi connectivity index (χ2v) is 8.67. The lowest BCUT2D eigenvalue weighted by Crippen LogP contribution is -2.51. The molecule has 144 valence electrons. The first-order chi connectivity index (χ1) is 12.2. The number of rotatable bonds is 5. The molecule has 26 heavy (non-hydrogen) atoms. The van der Waals surface area contributed by atoms with Gasteiger partial charge in [-0.1, -0.05) is 6.07 Å². The minimum Gasteiger partial charge on any atom is -0.475 e. The number of carbonyl (C=O) groups is 1. The highest BCUT2D eigenvalue weighted by molar-refractivity contribution is 5.80. The zero-order valence-corrected chi connectivity index (χ0v) is 16.5. The van der Waals surface area contributed by atoms with Crippen LogP contribution in [-0.4, -0.2) is 45.7 Å². The number of carbonyl (C=O) groups excluding carboxylic acids is 1. The van der Waals surface area contributed by atoms with Crippen LogP contribution >= 0.6 is 0 Å². The van der Waals surface area contributed by atoms with Crippen molar-refractivity contribution in [1.29, 1.82) is 0 Å². The molecule has 1 aliphatic heterocycles. The molecule has 2 heterocycles. The number of aromatic nitrogens is 1. The minimum atomic E-state index is -0.633. The Hall–Kier alpha value is -1.62. The van der Waals surface area contributed by atoms with Gasteiger partial charge in [-0.15, -0.1) is 0 Å². The van der Waals surface area contributed by atoms with E-state index in [1.807, 2.05) is 32.6 Å². The van der Waals surface area contributed by atoms with Gasteiger partial charge in [0.25, 0.3) is 0 Å². The van der Waals surface area contributed by atoms with Crippen molar-refractivity contribution >= 4 is 5.91 Å². The van der Waals surface area contributed by atoms with Crippen LogP contribution in [0.25, 0.3) is 0 Å². The third kappa shape index (κ3) is 4.56. The van der Waals surface area contributed by atoms with Gasteiger partial charge in [0, 0.05) is 30.3 Å². The number of ether oxygens (including phenoxy) is 1. The molecule has 2 fully saturated rings. The Morgan fingerprint density at radius 1 is 1.35 bits per heavy atom. The van der Waals surface area contributed by atoms with Crippen molar-refractivity contribution in [2.24, 2.45) is 11.8 Å². The van der Waals surface area contributed by atoms with Crippen molar-refractivity contribution in [2.75, 3.05) is 13.1 Å². The van der Waals surface area contributed by atoms with E-state index in [9.17, 15) is 9.90 Å². The van der Waals surface area contributed by atoms with Crippen molar-refractivity contribution in [3.8, 4) is 5.88 Å². The van der Waals surface area contributed by atoms with E-state index in [0.717, 1.165) is 49.5 Å². The van der Waals surface area contributed by atoms with Crippen LogP contribution in [0.1, 0.15) is 57.7 Å². The van der Waals surface area contributed by atoms with Crippen LogP contribution in [0.3, 0.4) is 0 Å². The maximum Gasteiger partial charge on any atom is 0.225 e. The topological polar surface area (TPSA) is 62.7 Å².